The number of aromatic amines is 1. The summed E-state index contributed by atoms with van der Waals surface area (Å²) in [6.45, 7) is 0. The molecule has 3 aromatic rings. The maximum absolute atomic E-state index is 5.93. The van der Waals surface area contributed by atoms with Gasteiger partial charge in [0, 0.05) is 17.5 Å². The minimum absolute atomic E-state index is 0.709. The second-order valence-corrected chi connectivity index (χ2v) is 3.89. The van der Waals surface area contributed by atoms with Gasteiger partial charge in [0.1, 0.15) is 5.69 Å². The second-order valence-electron chi connectivity index (χ2n) is 3.89. The summed E-state index contributed by atoms with van der Waals surface area (Å²) in [7, 11) is 0. The van der Waals surface area contributed by atoms with Crippen molar-refractivity contribution in [3.8, 4) is 11.4 Å². The van der Waals surface area contributed by atoms with E-state index in [1.807, 2.05) is 54.7 Å². The highest BCUT2D eigenvalue weighted by Gasteiger charge is 2.07. The summed E-state index contributed by atoms with van der Waals surface area (Å²) < 4.78 is 0. The van der Waals surface area contributed by atoms with Crippen LogP contribution in [0.15, 0.2) is 54.7 Å². The van der Waals surface area contributed by atoms with E-state index >= 15 is 0 Å². The van der Waals surface area contributed by atoms with E-state index in [4.69, 9.17) is 5.73 Å². The third-order valence-corrected chi connectivity index (χ3v) is 2.74. The molecule has 2 aromatic heterocycles. The van der Waals surface area contributed by atoms with Crippen molar-refractivity contribution in [1.29, 1.82) is 0 Å². The Morgan fingerprint density at radius 2 is 1.88 bits per heavy atom. The van der Waals surface area contributed by atoms with Crippen LogP contribution in [0.3, 0.4) is 0 Å². The van der Waals surface area contributed by atoms with Crippen LogP contribution < -0.4 is 10.7 Å². The maximum Gasteiger partial charge on any atom is 0.229 e. The topological polar surface area (TPSA) is 53.0 Å². The molecule has 3 nitrogen and oxygen atoms in total. The first kappa shape index (κ1) is 9.78. The number of pyridine rings is 2. The minimum atomic E-state index is 0.709. The highest BCUT2D eigenvalue weighted by atomic mass is 14.8. The Bertz CT molecular complexity index is 663. The van der Waals surface area contributed by atoms with E-state index in [-0.39, 0.29) is 0 Å². The van der Waals surface area contributed by atoms with E-state index in [2.05, 4.69) is 9.97 Å². The predicted octanol–water partition coefficient (Wildman–Crippen LogP) is 2.30. The number of nitrogens with zero attached hydrogens (tertiary/aromatic N) is 1. The van der Waals surface area contributed by atoms with Crippen LogP contribution in [-0.2, 0) is 0 Å². The molecule has 1 aromatic carbocycles. The van der Waals surface area contributed by atoms with Crippen molar-refractivity contribution in [2.45, 2.75) is 0 Å². The third kappa shape index (κ3) is 1.72. The number of rotatable bonds is 1. The molecule has 0 atom stereocenters. The number of nitrogen functional groups attached to an aromatic ring is 1. The Kier molecular flexibility index (Phi) is 2.22. The molecular formula is C14H12N3+. The Labute approximate surface area is 98.9 Å². The lowest BCUT2D eigenvalue weighted by atomic mass is 10.1. The summed E-state index contributed by atoms with van der Waals surface area (Å²) in [5, 5.41) is 1.06. The monoisotopic (exact) mass is 222 g/mol. The molecule has 0 radical (unpaired) electrons. The van der Waals surface area contributed by atoms with Crippen molar-refractivity contribution in [2.24, 2.45) is 0 Å². The second kappa shape index (κ2) is 3.87. The fourth-order valence-electron chi connectivity index (χ4n) is 1.87. The molecule has 0 aliphatic rings. The molecule has 0 bridgehead atoms. The number of nitrogens with one attached hydrogen (secondary N) is 1. The Morgan fingerprint density at radius 1 is 0.941 bits per heavy atom. The van der Waals surface area contributed by atoms with Gasteiger partial charge in [0.2, 0.25) is 5.69 Å². The van der Waals surface area contributed by atoms with Crippen molar-refractivity contribution in [3.05, 3.63) is 54.7 Å². The van der Waals surface area contributed by atoms with Crippen molar-refractivity contribution >= 4 is 16.6 Å². The molecule has 2 heterocycles. The summed E-state index contributed by atoms with van der Waals surface area (Å²) in [6, 6.07) is 15.8. The number of benzene rings is 1. The van der Waals surface area contributed by atoms with Crippen LogP contribution in [0, 0.1) is 0 Å². The van der Waals surface area contributed by atoms with Gasteiger partial charge in [0.05, 0.1) is 11.2 Å². The molecule has 0 unspecified atom stereocenters. The van der Waals surface area contributed by atoms with Crippen molar-refractivity contribution in [2.75, 3.05) is 5.73 Å². The van der Waals surface area contributed by atoms with E-state index in [1.165, 1.54) is 0 Å². The molecule has 3 rings (SSSR count). The molecule has 17 heavy (non-hydrogen) atoms. The van der Waals surface area contributed by atoms with Crippen LogP contribution in [0.1, 0.15) is 0 Å². The molecule has 0 aliphatic heterocycles. The first-order valence-electron chi connectivity index (χ1n) is 5.47. The van der Waals surface area contributed by atoms with Crippen molar-refractivity contribution in [1.82, 2.24) is 4.98 Å². The number of para-hydroxylation sites is 1. The predicted molar refractivity (Wildman–Crippen MR) is 68.1 cm³/mol. The molecule has 0 spiro atoms. The van der Waals surface area contributed by atoms with Gasteiger partial charge in [-0.05, 0) is 18.2 Å². The lowest BCUT2D eigenvalue weighted by molar-refractivity contribution is -0.364. The van der Waals surface area contributed by atoms with Gasteiger partial charge in [-0.3, -0.25) is 0 Å². The average molecular weight is 222 g/mol. The van der Waals surface area contributed by atoms with Gasteiger partial charge < -0.3 is 5.73 Å². The van der Waals surface area contributed by atoms with E-state index in [0.29, 0.717) is 5.69 Å². The average Bonchev–Trinajstić information content (AvgIpc) is 2.40. The lowest BCUT2D eigenvalue weighted by Gasteiger charge is -2.02. The Hall–Kier alpha value is -2.42. The largest absolute Gasteiger partial charge is 0.397 e. The molecule has 3 N–H and O–H groups in total. The molecule has 82 valence electrons. The van der Waals surface area contributed by atoms with Crippen molar-refractivity contribution < 1.29 is 4.98 Å². The van der Waals surface area contributed by atoms with Gasteiger partial charge in [-0.1, -0.05) is 18.2 Å². The van der Waals surface area contributed by atoms with Crippen LogP contribution >= 0.6 is 0 Å². The van der Waals surface area contributed by atoms with E-state index < -0.39 is 0 Å². The van der Waals surface area contributed by atoms with Gasteiger partial charge in [-0.25, -0.2) is 9.97 Å². The number of aromatic nitrogens is 2. The van der Waals surface area contributed by atoms with Crippen LogP contribution in [0.4, 0.5) is 5.69 Å². The number of anilines is 1. The zero-order chi connectivity index (χ0) is 11.7. The molecule has 0 saturated heterocycles. The molecule has 0 aliphatic carbocycles. The smallest absolute Gasteiger partial charge is 0.229 e. The normalized spacial score (nSPS) is 10.6. The minimum Gasteiger partial charge on any atom is -0.397 e. The number of hydrogen-bond acceptors (Lipinski definition) is 2. The lowest BCUT2D eigenvalue weighted by Crippen LogP contribution is -2.05. The Morgan fingerprint density at radius 3 is 2.71 bits per heavy atom. The van der Waals surface area contributed by atoms with Crippen LogP contribution in [-0.4, -0.2) is 4.98 Å². The quantitative estimate of drug-likeness (QED) is 0.642. The zero-order valence-corrected chi connectivity index (χ0v) is 9.22. The van der Waals surface area contributed by atoms with E-state index in [9.17, 15) is 0 Å². The highest BCUT2D eigenvalue weighted by Crippen LogP contribution is 2.21. The molecule has 3 heteroatoms. The fourth-order valence-corrected chi connectivity index (χ4v) is 1.87. The number of nitrogens with two attached hydrogens (primary N) is 1. The number of hydrogen-bond donors (Lipinski definition) is 1. The molecule has 0 saturated carbocycles. The number of fused-ring (bicyclic) bond motifs is 1. The molecule has 0 fully saturated rings. The maximum atomic E-state index is 5.93. The zero-order valence-electron chi connectivity index (χ0n) is 9.22. The fraction of sp³-hybridized carbons (Fsp3) is 0. The van der Waals surface area contributed by atoms with Crippen LogP contribution in [0.2, 0.25) is 0 Å². The third-order valence-electron chi connectivity index (χ3n) is 2.74. The first-order chi connectivity index (χ1) is 8.34. The Balaban J connectivity index is 2.23. The van der Waals surface area contributed by atoms with Crippen LogP contribution in [0.25, 0.3) is 22.3 Å². The van der Waals surface area contributed by atoms with Crippen molar-refractivity contribution in [3.63, 3.8) is 0 Å². The summed E-state index contributed by atoms with van der Waals surface area (Å²) in [6.07, 6.45) is 1.88. The summed E-state index contributed by atoms with van der Waals surface area (Å²) >= 11 is 0. The summed E-state index contributed by atoms with van der Waals surface area (Å²) in [5.74, 6) is 0. The molecule has 0 amide bonds. The summed E-state index contributed by atoms with van der Waals surface area (Å²) in [4.78, 5) is 7.75. The highest BCUT2D eigenvalue weighted by molar-refractivity contribution is 5.90. The first-order valence-corrected chi connectivity index (χ1v) is 5.47. The van der Waals surface area contributed by atoms with Gasteiger partial charge in [-0.2, -0.15) is 0 Å². The van der Waals surface area contributed by atoms with E-state index in [0.717, 1.165) is 22.3 Å². The molecular weight excluding hydrogens is 210 g/mol. The van der Waals surface area contributed by atoms with Crippen LogP contribution in [0.5, 0.6) is 0 Å². The standard InChI is InChI=1S/C14H11N3/c15-11-5-3-4-10-7-8-13(17-14(10)11)12-6-1-2-9-16-12/h1-9H,15H2/p+1. The SMILES string of the molecule is Nc1cccc2ccc(-c3cccc[nH+]3)nc12. The van der Waals surface area contributed by atoms with Gasteiger partial charge in [-0.15, -0.1) is 0 Å². The summed E-state index contributed by atoms with van der Waals surface area (Å²) in [5.41, 5.74) is 9.37. The number of H-pyrrole nitrogens is 1. The van der Waals surface area contributed by atoms with E-state index in [1.54, 1.807) is 0 Å². The van der Waals surface area contributed by atoms with Gasteiger partial charge in [0.15, 0.2) is 6.20 Å². The van der Waals surface area contributed by atoms with Gasteiger partial charge >= 0.3 is 0 Å². The van der Waals surface area contributed by atoms with Gasteiger partial charge in [0.25, 0.3) is 0 Å².